The molecule has 2 aromatic heterocycles. The van der Waals surface area contributed by atoms with Crippen LogP contribution in [-0.4, -0.2) is 60.9 Å². The second-order valence-corrected chi connectivity index (χ2v) is 18.4. The first-order valence-corrected chi connectivity index (χ1v) is 17.5. The van der Waals surface area contributed by atoms with Crippen LogP contribution in [0.15, 0.2) is 22.7 Å². The van der Waals surface area contributed by atoms with E-state index in [-0.39, 0.29) is 55.8 Å². The first kappa shape index (κ1) is 29.2. The van der Waals surface area contributed by atoms with Gasteiger partial charge in [0.2, 0.25) is 0 Å². The molecule has 222 valence electrons. The zero-order chi connectivity index (χ0) is 29.5. The van der Waals surface area contributed by atoms with Crippen LogP contribution in [0.4, 0.5) is 19.0 Å². The molecular weight excluding hydrogens is 645 g/mol. The van der Waals surface area contributed by atoms with Crippen molar-refractivity contribution < 1.29 is 31.8 Å². The first-order valence-electron chi connectivity index (χ1n) is 13.4. The number of pyridine rings is 1. The molecule has 3 aliphatic rings. The number of imidazole rings is 1. The molecule has 3 aromatic rings. The van der Waals surface area contributed by atoms with Gasteiger partial charge in [-0.25, -0.2) is 18.2 Å². The molecule has 0 spiro atoms. The Morgan fingerprint density at radius 1 is 1.12 bits per heavy atom. The largest absolute Gasteiger partial charge is 0.456 e. The van der Waals surface area contributed by atoms with Crippen LogP contribution in [0.5, 0.6) is 6.01 Å². The van der Waals surface area contributed by atoms with Crippen molar-refractivity contribution in [2.75, 3.05) is 18.5 Å². The molecule has 0 amide bonds. The number of aromatic amines is 1. The summed E-state index contributed by atoms with van der Waals surface area (Å²) in [4.78, 5) is 11.9. The second-order valence-electron chi connectivity index (χ2n) is 12.4. The molecule has 3 unspecified atom stereocenters. The van der Waals surface area contributed by atoms with Crippen LogP contribution in [0.25, 0.3) is 11.2 Å². The van der Waals surface area contributed by atoms with Gasteiger partial charge in [-0.3, -0.25) is 4.98 Å². The van der Waals surface area contributed by atoms with E-state index >= 15 is 0 Å². The SMILES string of the molecule is CC(C)(C)[Si](C)(C)OC1CO[C@H]2C1OC[C@H]2Oc1nc2cc(Cl)c(NC3CC(F)(F)c4cc(Br)cc(F)c43)nc2[nH]1. The van der Waals surface area contributed by atoms with Gasteiger partial charge in [0.15, 0.2) is 20.1 Å². The Hall–Kier alpha value is -1.90. The predicted octanol–water partition coefficient (Wildman–Crippen LogP) is 7.10. The van der Waals surface area contributed by atoms with E-state index < -0.39 is 38.6 Å². The number of benzene rings is 1. The number of nitrogens with one attached hydrogen (secondary N) is 2. The van der Waals surface area contributed by atoms with Gasteiger partial charge in [0.25, 0.3) is 11.9 Å². The number of nitrogens with zero attached hydrogens (tertiary/aromatic N) is 2. The van der Waals surface area contributed by atoms with E-state index in [1.54, 1.807) is 6.07 Å². The lowest BCUT2D eigenvalue weighted by molar-refractivity contribution is -0.00535. The number of H-pyrrole nitrogens is 1. The minimum absolute atomic E-state index is 0.0587. The topological polar surface area (TPSA) is 90.5 Å². The lowest BCUT2D eigenvalue weighted by Crippen LogP contribution is -2.47. The van der Waals surface area contributed by atoms with Gasteiger partial charge in [0, 0.05) is 22.0 Å². The summed E-state index contributed by atoms with van der Waals surface area (Å²) in [5.74, 6) is -3.82. The highest BCUT2D eigenvalue weighted by Crippen LogP contribution is 2.50. The van der Waals surface area contributed by atoms with Crippen LogP contribution >= 0.6 is 27.5 Å². The van der Waals surface area contributed by atoms with Crippen molar-refractivity contribution >= 4 is 52.8 Å². The molecule has 2 fully saturated rings. The van der Waals surface area contributed by atoms with E-state index in [9.17, 15) is 13.2 Å². The van der Waals surface area contributed by atoms with Crippen molar-refractivity contribution in [3.05, 3.63) is 44.6 Å². The Kier molecular flexibility index (Phi) is 7.18. The number of halogens is 5. The molecule has 14 heteroatoms. The summed E-state index contributed by atoms with van der Waals surface area (Å²) in [6, 6.07) is 3.12. The summed E-state index contributed by atoms with van der Waals surface area (Å²) in [5, 5.41) is 3.11. The number of alkyl halides is 2. The number of anilines is 1. The van der Waals surface area contributed by atoms with Crippen LogP contribution in [0, 0.1) is 5.82 Å². The van der Waals surface area contributed by atoms with E-state index in [1.165, 1.54) is 12.1 Å². The summed E-state index contributed by atoms with van der Waals surface area (Å²) in [5.41, 5.74) is 0.285. The molecule has 6 rings (SSSR count). The molecule has 4 heterocycles. The van der Waals surface area contributed by atoms with Crippen molar-refractivity contribution in [3.63, 3.8) is 0 Å². The standard InChI is InChI=1S/C27H31BrClF3N4O4Si/c1-26(2,3)41(4,5)40-19-11-38-21-18(10-37-22(19)21)39-25-34-16-8-14(29)23(35-24(16)36-25)33-17-9-27(31,32)13-6-12(28)7-15(30)20(13)17/h6-8,17-19,21-22H,9-11H2,1-5H3,(H2,33,34,35,36)/t17?,18-,19?,21-,22?/m1/s1. The highest BCUT2D eigenvalue weighted by Gasteiger charge is 2.52. The van der Waals surface area contributed by atoms with Crippen LogP contribution in [0.3, 0.4) is 0 Å². The molecule has 8 nitrogen and oxygen atoms in total. The third-order valence-electron chi connectivity index (χ3n) is 8.49. The normalized spacial score (nSPS) is 27.3. The minimum atomic E-state index is -3.21. The van der Waals surface area contributed by atoms with E-state index in [0.717, 1.165) is 0 Å². The molecule has 5 atom stereocenters. The van der Waals surface area contributed by atoms with Crippen LogP contribution in [0.1, 0.15) is 44.4 Å². The monoisotopic (exact) mass is 674 g/mol. The molecular formula is C27H31BrClF3N4O4Si. The number of rotatable bonds is 6. The third kappa shape index (κ3) is 5.27. The van der Waals surface area contributed by atoms with Gasteiger partial charge >= 0.3 is 0 Å². The van der Waals surface area contributed by atoms with Crippen LogP contribution in [-0.2, 0) is 19.8 Å². The number of hydrogen-bond donors (Lipinski definition) is 2. The van der Waals surface area contributed by atoms with Gasteiger partial charge in [-0.15, -0.1) is 0 Å². The summed E-state index contributed by atoms with van der Waals surface area (Å²) in [6.45, 7) is 11.7. The minimum Gasteiger partial charge on any atom is -0.456 e. The maximum Gasteiger partial charge on any atom is 0.296 e. The first-order chi connectivity index (χ1) is 19.1. The van der Waals surface area contributed by atoms with Gasteiger partial charge in [-0.2, -0.15) is 4.98 Å². The zero-order valence-electron chi connectivity index (χ0n) is 23.2. The molecule has 0 radical (unpaired) electrons. The van der Waals surface area contributed by atoms with Gasteiger partial charge < -0.3 is 24.0 Å². The maximum atomic E-state index is 14.7. The van der Waals surface area contributed by atoms with E-state index in [2.05, 4.69) is 70.1 Å². The highest BCUT2D eigenvalue weighted by atomic mass is 79.9. The molecule has 2 N–H and O–H groups in total. The average Bonchev–Trinajstić information content (AvgIpc) is 3.58. The van der Waals surface area contributed by atoms with Crippen molar-refractivity contribution in [2.45, 2.75) is 81.7 Å². The summed E-state index contributed by atoms with van der Waals surface area (Å²) in [7, 11) is -2.02. The summed E-state index contributed by atoms with van der Waals surface area (Å²) < 4.78 is 69.2. The average molecular weight is 676 g/mol. The molecule has 1 aliphatic carbocycles. The molecule has 0 saturated carbocycles. The Labute approximate surface area is 249 Å². The predicted molar refractivity (Wildman–Crippen MR) is 154 cm³/mol. The zero-order valence-corrected chi connectivity index (χ0v) is 26.5. The van der Waals surface area contributed by atoms with E-state index in [0.29, 0.717) is 24.4 Å². The van der Waals surface area contributed by atoms with Crippen molar-refractivity contribution in [2.24, 2.45) is 0 Å². The number of aromatic nitrogens is 3. The third-order valence-corrected chi connectivity index (χ3v) is 13.7. The molecule has 1 aromatic carbocycles. The molecule has 41 heavy (non-hydrogen) atoms. The molecule has 2 saturated heterocycles. The lowest BCUT2D eigenvalue weighted by atomic mass is 10.1. The Bertz CT molecular complexity index is 1500. The van der Waals surface area contributed by atoms with Crippen molar-refractivity contribution in [1.82, 2.24) is 15.0 Å². The fourth-order valence-electron chi connectivity index (χ4n) is 5.38. The number of fused-ring (bicyclic) bond motifs is 3. The van der Waals surface area contributed by atoms with Crippen molar-refractivity contribution in [1.29, 1.82) is 0 Å². The highest BCUT2D eigenvalue weighted by molar-refractivity contribution is 9.10. The fourth-order valence-corrected chi connectivity index (χ4v) is 7.32. The van der Waals surface area contributed by atoms with E-state index in [4.69, 9.17) is 30.2 Å². The van der Waals surface area contributed by atoms with Gasteiger partial charge in [-0.05, 0) is 36.3 Å². The maximum absolute atomic E-state index is 14.7. The number of hydrogen-bond acceptors (Lipinski definition) is 7. The van der Waals surface area contributed by atoms with Crippen LogP contribution < -0.4 is 10.1 Å². The molecule has 0 bridgehead atoms. The Morgan fingerprint density at radius 2 is 1.80 bits per heavy atom. The number of ether oxygens (including phenoxy) is 3. The molecule has 2 aliphatic heterocycles. The lowest BCUT2D eigenvalue weighted by Gasteiger charge is -2.39. The Morgan fingerprint density at radius 3 is 2.51 bits per heavy atom. The Balaban J connectivity index is 1.17. The van der Waals surface area contributed by atoms with Crippen LogP contribution in [0.2, 0.25) is 23.2 Å². The van der Waals surface area contributed by atoms with Gasteiger partial charge in [0.1, 0.15) is 29.4 Å². The second kappa shape index (κ2) is 10.1. The van der Waals surface area contributed by atoms with Crippen molar-refractivity contribution in [3.8, 4) is 6.01 Å². The summed E-state index contributed by atoms with van der Waals surface area (Å²) >= 11 is 9.53. The smallest absolute Gasteiger partial charge is 0.296 e. The fraction of sp³-hybridized carbons (Fsp3) is 0.556. The van der Waals surface area contributed by atoms with Gasteiger partial charge in [-0.1, -0.05) is 48.3 Å². The van der Waals surface area contributed by atoms with Gasteiger partial charge in [0.05, 0.1) is 30.4 Å². The summed E-state index contributed by atoms with van der Waals surface area (Å²) in [6.07, 6.45) is -1.77. The van der Waals surface area contributed by atoms with E-state index in [1.807, 2.05) is 0 Å². The quantitative estimate of drug-likeness (QED) is 0.270.